The highest BCUT2D eigenvalue weighted by molar-refractivity contribution is 6.32. The van der Waals surface area contributed by atoms with Crippen LogP contribution < -0.4 is 20.7 Å². The highest BCUT2D eigenvalue weighted by Gasteiger charge is 2.26. The van der Waals surface area contributed by atoms with Gasteiger partial charge in [0, 0.05) is 44.7 Å². The van der Waals surface area contributed by atoms with E-state index >= 15 is 0 Å². The average molecular weight is 423 g/mol. The first-order valence-corrected chi connectivity index (χ1v) is 10.8. The Kier molecular flexibility index (Phi) is 8.00. The van der Waals surface area contributed by atoms with Crippen LogP contribution in [0.5, 0.6) is 5.75 Å². The van der Waals surface area contributed by atoms with E-state index in [1.54, 1.807) is 19.2 Å². The zero-order valence-corrected chi connectivity index (χ0v) is 17.8. The molecule has 29 heavy (non-hydrogen) atoms. The van der Waals surface area contributed by atoms with Crippen LogP contribution in [0.25, 0.3) is 0 Å². The van der Waals surface area contributed by atoms with Gasteiger partial charge in [0.05, 0.1) is 12.1 Å². The van der Waals surface area contributed by atoms with Gasteiger partial charge in [-0.3, -0.25) is 4.79 Å². The number of ether oxygens (including phenoxy) is 1. The SMILES string of the molecule is COc1ccc(CNC(=O)CC2CN(C(=O)NC3CCCCC3)CCN2)cc1Cl. The number of carbonyl (C=O) groups excluding carboxylic acids is 2. The third-order valence-electron chi connectivity index (χ3n) is 5.61. The molecule has 0 radical (unpaired) electrons. The van der Waals surface area contributed by atoms with Gasteiger partial charge in [0.2, 0.25) is 5.91 Å². The first-order valence-electron chi connectivity index (χ1n) is 10.4. The number of amides is 3. The molecule has 1 atom stereocenters. The number of nitrogens with zero attached hydrogens (tertiary/aromatic N) is 1. The highest BCUT2D eigenvalue weighted by Crippen LogP contribution is 2.24. The van der Waals surface area contributed by atoms with Crippen molar-refractivity contribution in [2.24, 2.45) is 0 Å². The first-order chi connectivity index (χ1) is 14.0. The van der Waals surface area contributed by atoms with Crippen LogP contribution in [-0.4, -0.2) is 55.7 Å². The summed E-state index contributed by atoms with van der Waals surface area (Å²) >= 11 is 6.12. The largest absolute Gasteiger partial charge is 0.495 e. The number of rotatable bonds is 6. The molecule has 1 heterocycles. The number of piperazine rings is 1. The Hall–Kier alpha value is -1.99. The van der Waals surface area contributed by atoms with Crippen molar-refractivity contribution in [2.45, 2.75) is 57.2 Å². The van der Waals surface area contributed by atoms with Crippen molar-refractivity contribution in [1.29, 1.82) is 0 Å². The molecule has 1 aliphatic heterocycles. The molecule has 1 aromatic carbocycles. The molecule has 1 unspecified atom stereocenters. The summed E-state index contributed by atoms with van der Waals surface area (Å²) in [5.41, 5.74) is 0.911. The second kappa shape index (κ2) is 10.7. The van der Waals surface area contributed by atoms with Crippen molar-refractivity contribution >= 4 is 23.5 Å². The number of hydrogen-bond donors (Lipinski definition) is 3. The number of urea groups is 1. The minimum Gasteiger partial charge on any atom is -0.495 e. The number of carbonyl (C=O) groups is 2. The van der Waals surface area contributed by atoms with Gasteiger partial charge in [0.25, 0.3) is 0 Å². The van der Waals surface area contributed by atoms with E-state index in [-0.39, 0.29) is 18.0 Å². The molecular formula is C21H31ClN4O3. The van der Waals surface area contributed by atoms with E-state index in [1.165, 1.54) is 19.3 Å². The molecule has 0 spiro atoms. The lowest BCUT2D eigenvalue weighted by molar-refractivity contribution is -0.121. The van der Waals surface area contributed by atoms with Gasteiger partial charge in [-0.15, -0.1) is 0 Å². The molecule has 3 amide bonds. The predicted molar refractivity (Wildman–Crippen MR) is 113 cm³/mol. The maximum atomic E-state index is 12.6. The van der Waals surface area contributed by atoms with E-state index in [2.05, 4.69) is 16.0 Å². The van der Waals surface area contributed by atoms with Crippen molar-refractivity contribution in [3.05, 3.63) is 28.8 Å². The number of nitrogens with one attached hydrogen (secondary N) is 3. The summed E-state index contributed by atoms with van der Waals surface area (Å²) in [6, 6.07) is 5.70. The Morgan fingerprint density at radius 2 is 2.07 bits per heavy atom. The van der Waals surface area contributed by atoms with Crippen LogP contribution in [0.1, 0.15) is 44.1 Å². The minimum absolute atomic E-state index is 0.00307. The van der Waals surface area contributed by atoms with Crippen LogP contribution in [0.2, 0.25) is 5.02 Å². The van der Waals surface area contributed by atoms with Gasteiger partial charge in [0.15, 0.2) is 0 Å². The van der Waals surface area contributed by atoms with Crippen molar-refractivity contribution in [1.82, 2.24) is 20.9 Å². The number of methoxy groups -OCH3 is 1. The molecule has 1 saturated carbocycles. The molecule has 1 aliphatic carbocycles. The summed E-state index contributed by atoms with van der Waals surface area (Å²) in [5.74, 6) is 0.559. The van der Waals surface area contributed by atoms with E-state index in [0.29, 0.717) is 49.4 Å². The molecule has 2 fully saturated rings. The van der Waals surface area contributed by atoms with E-state index in [0.717, 1.165) is 18.4 Å². The van der Waals surface area contributed by atoms with Crippen molar-refractivity contribution in [3.63, 3.8) is 0 Å². The molecular weight excluding hydrogens is 392 g/mol. The van der Waals surface area contributed by atoms with Gasteiger partial charge in [-0.05, 0) is 30.5 Å². The van der Waals surface area contributed by atoms with Crippen LogP contribution in [-0.2, 0) is 11.3 Å². The van der Waals surface area contributed by atoms with Crippen LogP contribution >= 0.6 is 11.6 Å². The fourth-order valence-corrected chi connectivity index (χ4v) is 4.26. The second-order valence-electron chi connectivity index (χ2n) is 7.83. The Labute approximate surface area is 177 Å². The maximum absolute atomic E-state index is 12.6. The standard InChI is InChI=1S/C21H31ClN4O3/c1-29-19-8-7-15(11-18(19)22)13-24-20(27)12-17-14-26(10-9-23-17)21(28)25-16-5-3-2-4-6-16/h7-8,11,16-17,23H,2-6,9-10,12-14H2,1H3,(H,24,27)(H,25,28). The topological polar surface area (TPSA) is 82.7 Å². The van der Waals surface area contributed by atoms with E-state index in [4.69, 9.17) is 16.3 Å². The first kappa shape index (κ1) is 21.7. The lowest BCUT2D eigenvalue weighted by Crippen LogP contribution is -2.57. The zero-order chi connectivity index (χ0) is 20.6. The van der Waals surface area contributed by atoms with Crippen LogP contribution in [0.4, 0.5) is 4.79 Å². The third-order valence-corrected chi connectivity index (χ3v) is 5.91. The van der Waals surface area contributed by atoms with Crippen molar-refractivity contribution in [3.8, 4) is 5.75 Å². The molecule has 2 aliphatic rings. The summed E-state index contributed by atoms with van der Waals surface area (Å²) in [6.45, 7) is 2.31. The molecule has 3 rings (SSSR count). The van der Waals surface area contributed by atoms with Crippen LogP contribution in [0, 0.1) is 0 Å². The van der Waals surface area contributed by atoms with E-state index in [9.17, 15) is 9.59 Å². The molecule has 7 nitrogen and oxygen atoms in total. The summed E-state index contributed by atoms with van der Waals surface area (Å²) in [7, 11) is 1.57. The molecule has 3 N–H and O–H groups in total. The van der Waals surface area contributed by atoms with Gasteiger partial charge >= 0.3 is 6.03 Å². The Bertz CT molecular complexity index is 709. The van der Waals surface area contributed by atoms with Crippen LogP contribution in [0.3, 0.4) is 0 Å². The normalized spacial score (nSPS) is 20.2. The van der Waals surface area contributed by atoms with Crippen molar-refractivity contribution < 1.29 is 14.3 Å². The van der Waals surface area contributed by atoms with E-state index in [1.807, 2.05) is 11.0 Å². The number of hydrogen-bond acceptors (Lipinski definition) is 4. The molecule has 1 saturated heterocycles. The third kappa shape index (κ3) is 6.51. The number of halogens is 1. The molecule has 0 aromatic heterocycles. The molecule has 8 heteroatoms. The summed E-state index contributed by atoms with van der Waals surface area (Å²) < 4.78 is 5.14. The van der Waals surface area contributed by atoms with Gasteiger partial charge in [-0.25, -0.2) is 4.79 Å². The summed E-state index contributed by atoms with van der Waals surface area (Å²) in [6.07, 6.45) is 6.11. The Morgan fingerprint density at radius 3 is 2.79 bits per heavy atom. The van der Waals surface area contributed by atoms with E-state index < -0.39 is 0 Å². The lowest BCUT2D eigenvalue weighted by atomic mass is 9.96. The van der Waals surface area contributed by atoms with Crippen LogP contribution in [0.15, 0.2) is 18.2 Å². The quantitative estimate of drug-likeness (QED) is 0.658. The minimum atomic E-state index is -0.0519. The smallest absolute Gasteiger partial charge is 0.317 e. The Balaban J connectivity index is 1.42. The van der Waals surface area contributed by atoms with Gasteiger partial charge in [0.1, 0.15) is 5.75 Å². The predicted octanol–water partition coefficient (Wildman–Crippen LogP) is 2.67. The number of benzene rings is 1. The maximum Gasteiger partial charge on any atom is 0.317 e. The Morgan fingerprint density at radius 1 is 1.28 bits per heavy atom. The summed E-state index contributed by atoms with van der Waals surface area (Å²) in [4.78, 5) is 26.7. The fourth-order valence-electron chi connectivity index (χ4n) is 3.98. The average Bonchev–Trinajstić information content (AvgIpc) is 2.73. The zero-order valence-electron chi connectivity index (χ0n) is 17.0. The molecule has 160 valence electrons. The second-order valence-corrected chi connectivity index (χ2v) is 8.24. The van der Waals surface area contributed by atoms with Gasteiger partial charge < -0.3 is 25.6 Å². The summed E-state index contributed by atoms with van der Waals surface area (Å²) in [5, 5.41) is 9.94. The molecule has 0 bridgehead atoms. The monoisotopic (exact) mass is 422 g/mol. The lowest BCUT2D eigenvalue weighted by Gasteiger charge is -2.35. The highest BCUT2D eigenvalue weighted by atomic mass is 35.5. The fraction of sp³-hybridized carbons (Fsp3) is 0.619. The molecule has 1 aromatic rings. The van der Waals surface area contributed by atoms with Crippen molar-refractivity contribution in [2.75, 3.05) is 26.7 Å². The van der Waals surface area contributed by atoms with Gasteiger partial charge in [-0.1, -0.05) is 36.9 Å². The van der Waals surface area contributed by atoms with Gasteiger partial charge in [-0.2, -0.15) is 0 Å².